The van der Waals surface area contributed by atoms with Crippen LogP contribution in [0, 0.1) is 29.1 Å². The minimum atomic E-state index is -0.109. The average Bonchev–Trinajstić information content (AvgIpc) is 2.42. The summed E-state index contributed by atoms with van der Waals surface area (Å²) in [5.74, 6) is 2.74. The van der Waals surface area contributed by atoms with Gasteiger partial charge in [0.25, 0.3) is 0 Å². The average molecular weight is 294 g/mol. The highest BCUT2D eigenvalue weighted by Gasteiger charge is 2.50. The van der Waals surface area contributed by atoms with Crippen molar-refractivity contribution in [2.75, 3.05) is 13.4 Å². The Hall–Kier alpha value is -0.570. The first-order chi connectivity index (χ1) is 10.1. The molecule has 3 heteroatoms. The number of hydrogen-bond donors (Lipinski definition) is 0. The Morgan fingerprint density at radius 3 is 2.24 bits per heavy atom. The lowest BCUT2D eigenvalue weighted by atomic mass is 9.50. The first-order valence-electron chi connectivity index (χ1n) is 8.84. The molecule has 4 aliphatic carbocycles. The van der Waals surface area contributed by atoms with E-state index in [9.17, 15) is 4.79 Å². The maximum Gasteiger partial charge on any atom is 0.310 e. The van der Waals surface area contributed by atoms with Gasteiger partial charge in [-0.25, -0.2) is 0 Å². The van der Waals surface area contributed by atoms with Gasteiger partial charge in [-0.3, -0.25) is 4.79 Å². The molecule has 120 valence electrons. The highest BCUT2D eigenvalue weighted by molar-refractivity contribution is 5.71. The van der Waals surface area contributed by atoms with Crippen molar-refractivity contribution in [3.8, 4) is 0 Å². The molecular formula is C18H30O3. The third-order valence-corrected chi connectivity index (χ3v) is 5.98. The van der Waals surface area contributed by atoms with E-state index in [1.807, 2.05) is 6.92 Å². The van der Waals surface area contributed by atoms with E-state index in [1.165, 1.54) is 38.5 Å². The van der Waals surface area contributed by atoms with Crippen molar-refractivity contribution >= 4 is 5.97 Å². The molecule has 4 saturated carbocycles. The summed E-state index contributed by atoms with van der Waals surface area (Å²) in [6.07, 6.45) is 10.3. The molecule has 21 heavy (non-hydrogen) atoms. The van der Waals surface area contributed by atoms with Crippen molar-refractivity contribution in [1.82, 2.24) is 0 Å². The Morgan fingerprint density at radius 2 is 1.71 bits per heavy atom. The molecule has 4 rings (SSSR count). The van der Waals surface area contributed by atoms with E-state index in [1.54, 1.807) is 0 Å². The smallest absolute Gasteiger partial charge is 0.310 e. The van der Waals surface area contributed by atoms with Gasteiger partial charge in [0.1, 0.15) is 0 Å². The number of carbonyl (C=O) groups is 1. The molecule has 0 N–H and O–H groups in total. The predicted molar refractivity (Wildman–Crippen MR) is 81.6 cm³/mol. The predicted octanol–water partition coefficient (Wildman–Crippen LogP) is 4.16. The summed E-state index contributed by atoms with van der Waals surface area (Å²) in [6.45, 7) is 4.97. The minimum Gasteiger partial charge on any atom is -0.438 e. The summed E-state index contributed by atoms with van der Waals surface area (Å²) in [7, 11) is 0. The molecule has 3 nitrogen and oxygen atoms in total. The zero-order valence-electron chi connectivity index (χ0n) is 13.6. The van der Waals surface area contributed by atoms with E-state index in [0.717, 1.165) is 37.2 Å². The third-order valence-electron chi connectivity index (χ3n) is 5.98. The van der Waals surface area contributed by atoms with Crippen molar-refractivity contribution < 1.29 is 14.3 Å². The zero-order chi connectivity index (χ0) is 14.9. The summed E-state index contributed by atoms with van der Waals surface area (Å²) in [5.41, 5.74) is 0.413. The lowest BCUT2D eigenvalue weighted by Gasteiger charge is -2.56. The number of ether oxygens (including phenoxy) is 2. The number of hydrogen-bond acceptors (Lipinski definition) is 3. The topological polar surface area (TPSA) is 35.5 Å². The molecule has 0 spiro atoms. The fourth-order valence-electron chi connectivity index (χ4n) is 5.52. The van der Waals surface area contributed by atoms with Crippen molar-refractivity contribution in [2.45, 2.75) is 65.2 Å². The normalized spacial score (nSPS) is 38.5. The van der Waals surface area contributed by atoms with E-state index >= 15 is 0 Å². The SMILES string of the molecule is CCCC(C)C(=O)OCOCC12CC3CC(CC(C3)C1)C2. The van der Waals surface area contributed by atoms with Crippen LogP contribution in [0.1, 0.15) is 65.2 Å². The van der Waals surface area contributed by atoms with E-state index in [-0.39, 0.29) is 18.7 Å². The van der Waals surface area contributed by atoms with Gasteiger partial charge in [0.2, 0.25) is 0 Å². The molecule has 1 unspecified atom stereocenters. The van der Waals surface area contributed by atoms with Crippen molar-refractivity contribution in [2.24, 2.45) is 29.1 Å². The summed E-state index contributed by atoms with van der Waals surface area (Å²) in [5, 5.41) is 0. The minimum absolute atomic E-state index is 0.00171. The standard InChI is InChI=1S/C18H30O3/c1-3-4-13(2)17(19)21-12-20-11-18-8-14-5-15(9-18)7-16(6-14)10-18/h13-16H,3-12H2,1-2H3. The summed E-state index contributed by atoms with van der Waals surface area (Å²) in [4.78, 5) is 11.8. The van der Waals surface area contributed by atoms with Crippen molar-refractivity contribution in [3.05, 3.63) is 0 Å². The molecule has 4 fully saturated rings. The Bertz CT molecular complexity index is 341. The second-order valence-corrected chi connectivity index (χ2v) is 8.04. The van der Waals surface area contributed by atoms with E-state index in [0.29, 0.717) is 5.41 Å². The molecule has 0 aromatic rings. The van der Waals surface area contributed by atoms with Gasteiger partial charge in [-0.05, 0) is 68.1 Å². The van der Waals surface area contributed by atoms with Crippen LogP contribution in [0.3, 0.4) is 0 Å². The van der Waals surface area contributed by atoms with Gasteiger partial charge < -0.3 is 9.47 Å². The maximum absolute atomic E-state index is 11.8. The molecule has 1 atom stereocenters. The highest BCUT2D eigenvalue weighted by atomic mass is 16.7. The Balaban J connectivity index is 1.41. The summed E-state index contributed by atoms with van der Waals surface area (Å²) in [6, 6.07) is 0. The molecule has 0 radical (unpaired) electrons. The fourth-order valence-corrected chi connectivity index (χ4v) is 5.52. The Morgan fingerprint density at radius 1 is 1.14 bits per heavy atom. The van der Waals surface area contributed by atoms with Crippen LogP contribution in [0.5, 0.6) is 0 Å². The lowest BCUT2D eigenvalue weighted by Crippen LogP contribution is -2.48. The van der Waals surface area contributed by atoms with Crippen LogP contribution in [0.4, 0.5) is 0 Å². The van der Waals surface area contributed by atoms with Crippen LogP contribution in [-0.2, 0) is 14.3 Å². The van der Waals surface area contributed by atoms with Crippen LogP contribution >= 0.6 is 0 Å². The molecule has 0 heterocycles. The zero-order valence-corrected chi connectivity index (χ0v) is 13.6. The maximum atomic E-state index is 11.8. The molecule has 0 amide bonds. The van der Waals surface area contributed by atoms with Crippen LogP contribution in [0.2, 0.25) is 0 Å². The Labute approximate surface area is 128 Å². The van der Waals surface area contributed by atoms with Crippen LogP contribution in [0.25, 0.3) is 0 Å². The first-order valence-corrected chi connectivity index (χ1v) is 8.84. The molecule has 0 aromatic carbocycles. The van der Waals surface area contributed by atoms with Gasteiger partial charge in [-0.1, -0.05) is 20.3 Å². The molecule has 0 aliphatic heterocycles. The van der Waals surface area contributed by atoms with Crippen LogP contribution in [-0.4, -0.2) is 19.4 Å². The Kier molecular flexibility index (Phi) is 4.58. The second kappa shape index (κ2) is 6.28. The highest BCUT2D eigenvalue weighted by Crippen LogP contribution is 2.59. The van der Waals surface area contributed by atoms with Crippen LogP contribution in [0.15, 0.2) is 0 Å². The number of carbonyl (C=O) groups excluding carboxylic acids is 1. The van der Waals surface area contributed by atoms with E-state index in [2.05, 4.69) is 6.92 Å². The van der Waals surface area contributed by atoms with Gasteiger partial charge in [0.15, 0.2) is 6.79 Å². The monoisotopic (exact) mass is 294 g/mol. The summed E-state index contributed by atoms with van der Waals surface area (Å²) < 4.78 is 11.0. The van der Waals surface area contributed by atoms with Crippen molar-refractivity contribution in [3.63, 3.8) is 0 Å². The fraction of sp³-hybridized carbons (Fsp3) is 0.944. The molecule has 0 saturated heterocycles. The first kappa shape index (κ1) is 15.3. The number of rotatable bonds is 7. The van der Waals surface area contributed by atoms with Gasteiger partial charge in [0.05, 0.1) is 12.5 Å². The second-order valence-electron chi connectivity index (χ2n) is 8.04. The summed E-state index contributed by atoms with van der Waals surface area (Å²) >= 11 is 0. The molecular weight excluding hydrogens is 264 g/mol. The van der Waals surface area contributed by atoms with E-state index < -0.39 is 0 Å². The molecule has 4 aliphatic rings. The largest absolute Gasteiger partial charge is 0.438 e. The third kappa shape index (κ3) is 3.44. The van der Waals surface area contributed by atoms with Gasteiger partial charge in [-0.15, -0.1) is 0 Å². The quantitative estimate of drug-likeness (QED) is 0.402. The lowest BCUT2D eigenvalue weighted by molar-refractivity contribution is -0.170. The molecule has 4 bridgehead atoms. The number of esters is 1. The van der Waals surface area contributed by atoms with Crippen molar-refractivity contribution in [1.29, 1.82) is 0 Å². The van der Waals surface area contributed by atoms with Gasteiger partial charge in [-0.2, -0.15) is 0 Å². The van der Waals surface area contributed by atoms with E-state index in [4.69, 9.17) is 9.47 Å². The van der Waals surface area contributed by atoms with Crippen LogP contribution < -0.4 is 0 Å². The molecule has 0 aromatic heterocycles. The van der Waals surface area contributed by atoms with Gasteiger partial charge >= 0.3 is 5.97 Å². The van der Waals surface area contributed by atoms with Gasteiger partial charge in [0, 0.05) is 0 Å².